The normalized spacial score (nSPS) is 22.4. The zero-order chi connectivity index (χ0) is 9.36. The van der Waals surface area contributed by atoms with Gasteiger partial charge < -0.3 is 15.2 Å². The van der Waals surface area contributed by atoms with Crippen LogP contribution in [0, 0.1) is 5.92 Å². The molecule has 0 spiro atoms. The quantitative estimate of drug-likeness (QED) is 0.579. The standard InChI is InChI=1S/C10H21NO2/c12-7-2-1-5-11-6-3-10-4-8-13-9-10/h10-12H,1-9H2. The molecule has 2 N–H and O–H groups in total. The average Bonchev–Trinajstić information content (AvgIpc) is 2.63. The first-order chi connectivity index (χ1) is 6.43. The molecule has 0 radical (unpaired) electrons. The summed E-state index contributed by atoms with van der Waals surface area (Å²) in [5.41, 5.74) is 0. The van der Waals surface area contributed by atoms with E-state index in [2.05, 4.69) is 5.32 Å². The molecule has 3 nitrogen and oxygen atoms in total. The predicted octanol–water partition coefficient (Wildman–Crippen LogP) is 0.775. The van der Waals surface area contributed by atoms with Gasteiger partial charge in [-0.05, 0) is 44.7 Å². The number of aliphatic hydroxyl groups is 1. The van der Waals surface area contributed by atoms with E-state index in [0.29, 0.717) is 6.61 Å². The van der Waals surface area contributed by atoms with Crippen molar-refractivity contribution in [2.24, 2.45) is 5.92 Å². The lowest BCUT2D eigenvalue weighted by molar-refractivity contribution is 0.184. The van der Waals surface area contributed by atoms with Crippen molar-refractivity contribution in [3.05, 3.63) is 0 Å². The topological polar surface area (TPSA) is 41.5 Å². The Morgan fingerprint density at radius 2 is 2.23 bits per heavy atom. The summed E-state index contributed by atoms with van der Waals surface area (Å²) >= 11 is 0. The summed E-state index contributed by atoms with van der Waals surface area (Å²) in [5, 5.41) is 11.9. The van der Waals surface area contributed by atoms with Crippen LogP contribution in [0.15, 0.2) is 0 Å². The van der Waals surface area contributed by atoms with Gasteiger partial charge in [0, 0.05) is 19.8 Å². The Bertz CT molecular complexity index is 113. The second-order valence-electron chi connectivity index (χ2n) is 3.70. The third kappa shape index (κ3) is 5.24. The molecule has 1 aliphatic heterocycles. The van der Waals surface area contributed by atoms with Gasteiger partial charge in [-0.15, -0.1) is 0 Å². The summed E-state index contributed by atoms with van der Waals surface area (Å²) in [4.78, 5) is 0. The van der Waals surface area contributed by atoms with Crippen LogP contribution >= 0.6 is 0 Å². The number of hydrogen-bond donors (Lipinski definition) is 2. The molecule has 1 unspecified atom stereocenters. The van der Waals surface area contributed by atoms with Crippen LogP contribution in [0.3, 0.4) is 0 Å². The van der Waals surface area contributed by atoms with Gasteiger partial charge in [0.25, 0.3) is 0 Å². The molecule has 78 valence electrons. The summed E-state index contributed by atoms with van der Waals surface area (Å²) in [6.07, 6.45) is 4.47. The fourth-order valence-corrected chi connectivity index (χ4v) is 1.60. The molecular weight excluding hydrogens is 166 g/mol. The minimum Gasteiger partial charge on any atom is -0.396 e. The van der Waals surface area contributed by atoms with Crippen molar-refractivity contribution in [2.75, 3.05) is 32.9 Å². The molecule has 0 aromatic carbocycles. The van der Waals surface area contributed by atoms with Gasteiger partial charge in [0.05, 0.1) is 0 Å². The first-order valence-electron chi connectivity index (χ1n) is 5.33. The molecule has 1 atom stereocenters. The van der Waals surface area contributed by atoms with Crippen molar-refractivity contribution >= 4 is 0 Å². The molecule has 0 aromatic heterocycles. The van der Waals surface area contributed by atoms with E-state index in [1.165, 1.54) is 12.8 Å². The highest BCUT2D eigenvalue weighted by molar-refractivity contribution is 4.65. The zero-order valence-corrected chi connectivity index (χ0v) is 8.30. The lowest BCUT2D eigenvalue weighted by Crippen LogP contribution is -2.19. The largest absolute Gasteiger partial charge is 0.396 e. The van der Waals surface area contributed by atoms with E-state index < -0.39 is 0 Å². The minimum absolute atomic E-state index is 0.318. The number of aliphatic hydroxyl groups excluding tert-OH is 1. The molecule has 1 aliphatic rings. The van der Waals surface area contributed by atoms with Crippen LogP contribution in [-0.4, -0.2) is 38.0 Å². The van der Waals surface area contributed by atoms with Gasteiger partial charge in [0.2, 0.25) is 0 Å². The van der Waals surface area contributed by atoms with Gasteiger partial charge in [-0.25, -0.2) is 0 Å². The maximum absolute atomic E-state index is 8.55. The molecule has 3 heteroatoms. The summed E-state index contributed by atoms with van der Waals surface area (Å²) < 4.78 is 5.29. The van der Waals surface area contributed by atoms with Crippen LogP contribution in [-0.2, 0) is 4.74 Å². The van der Waals surface area contributed by atoms with Crippen LogP contribution in [0.1, 0.15) is 25.7 Å². The summed E-state index contributed by atoms with van der Waals surface area (Å²) in [5.74, 6) is 0.783. The van der Waals surface area contributed by atoms with Gasteiger partial charge in [-0.3, -0.25) is 0 Å². The smallest absolute Gasteiger partial charge is 0.0495 e. The van der Waals surface area contributed by atoms with Crippen LogP contribution in [0.2, 0.25) is 0 Å². The molecule has 1 saturated heterocycles. The van der Waals surface area contributed by atoms with E-state index in [9.17, 15) is 0 Å². The van der Waals surface area contributed by atoms with Gasteiger partial charge in [-0.1, -0.05) is 0 Å². The van der Waals surface area contributed by atoms with E-state index in [0.717, 1.165) is 45.1 Å². The number of hydrogen-bond acceptors (Lipinski definition) is 3. The monoisotopic (exact) mass is 187 g/mol. The van der Waals surface area contributed by atoms with Gasteiger partial charge in [0.15, 0.2) is 0 Å². The Hall–Kier alpha value is -0.120. The second kappa shape index (κ2) is 7.30. The molecule has 0 amide bonds. The second-order valence-corrected chi connectivity index (χ2v) is 3.70. The van der Waals surface area contributed by atoms with E-state index in [-0.39, 0.29) is 0 Å². The Morgan fingerprint density at radius 1 is 1.31 bits per heavy atom. The van der Waals surface area contributed by atoms with Crippen LogP contribution in [0.5, 0.6) is 0 Å². The van der Waals surface area contributed by atoms with Crippen LogP contribution < -0.4 is 5.32 Å². The molecule has 1 rings (SSSR count). The lowest BCUT2D eigenvalue weighted by atomic mass is 10.1. The highest BCUT2D eigenvalue weighted by Crippen LogP contribution is 2.14. The third-order valence-electron chi connectivity index (χ3n) is 2.52. The Kier molecular flexibility index (Phi) is 6.15. The van der Waals surface area contributed by atoms with Crippen molar-refractivity contribution in [1.82, 2.24) is 5.32 Å². The van der Waals surface area contributed by atoms with Gasteiger partial charge in [0.1, 0.15) is 0 Å². The van der Waals surface area contributed by atoms with E-state index in [4.69, 9.17) is 9.84 Å². The number of nitrogens with one attached hydrogen (secondary N) is 1. The SMILES string of the molecule is OCCCCNCCC1CCOC1. The predicted molar refractivity (Wildman–Crippen MR) is 52.7 cm³/mol. The van der Waals surface area contributed by atoms with E-state index in [1.54, 1.807) is 0 Å². The van der Waals surface area contributed by atoms with Crippen molar-refractivity contribution < 1.29 is 9.84 Å². The minimum atomic E-state index is 0.318. The van der Waals surface area contributed by atoms with E-state index in [1.807, 2.05) is 0 Å². The Morgan fingerprint density at radius 3 is 2.92 bits per heavy atom. The first kappa shape index (κ1) is 11.0. The Labute approximate surface area is 80.5 Å². The average molecular weight is 187 g/mol. The summed E-state index contributed by atoms with van der Waals surface area (Å²) in [6, 6.07) is 0. The fraction of sp³-hybridized carbons (Fsp3) is 1.00. The number of rotatable bonds is 7. The third-order valence-corrected chi connectivity index (χ3v) is 2.52. The van der Waals surface area contributed by atoms with Crippen LogP contribution in [0.4, 0.5) is 0 Å². The fourth-order valence-electron chi connectivity index (χ4n) is 1.60. The maximum Gasteiger partial charge on any atom is 0.0495 e. The lowest BCUT2D eigenvalue weighted by Gasteiger charge is -2.07. The van der Waals surface area contributed by atoms with Crippen molar-refractivity contribution in [1.29, 1.82) is 0 Å². The molecule has 0 aromatic rings. The molecular formula is C10H21NO2. The summed E-state index contributed by atoms with van der Waals surface area (Å²) in [6.45, 7) is 4.36. The maximum atomic E-state index is 8.55. The zero-order valence-electron chi connectivity index (χ0n) is 8.30. The summed E-state index contributed by atoms with van der Waals surface area (Å²) in [7, 11) is 0. The van der Waals surface area contributed by atoms with E-state index >= 15 is 0 Å². The van der Waals surface area contributed by atoms with Crippen molar-refractivity contribution in [3.63, 3.8) is 0 Å². The molecule has 0 bridgehead atoms. The molecule has 13 heavy (non-hydrogen) atoms. The molecule has 1 heterocycles. The Balaban J connectivity index is 1.78. The first-order valence-corrected chi connectivity index (χ1v) is 5.33. The van der Waals surface area contributed by atoms with Gasteiger partial charge in [-0.2, -0.15) is 0 Å². The molecule has 1 fully saturated rings. The van der Waals surface area contributed by atoms with Gasteiger partial charge >= 0.3 is 0 Å². The van der Waals surface area contributed by atoms with Crippen LogP contribution in [0.25, 0.3) is 0 Å². The number of ether oxygens (including phenoxy) is 1. The highest BCUT2D eigenvalue weighted by atomic mass is 16.5. The van der Waals surface area contributed by atoms with Crippen molar-refractivity contribution in [3.8, 4) is 0 Å². The molecule has 0 saturated carbocycles. The van der Waals surface area contributed by atoms with Crippen molar-refractivity contribution in [2.45, 2.75) is 25.7 Å². The number of unbranched alkanes of at least 4 members (excludes halogenated alkanes) is 1. The highest BCUT2D eigenvalue weighted by Gasteiger charge is 2.14. The molecule has 0 aliphatic carbocycles.